The summed E-state index contributed by atoms with van der Waals surface area (Å²) in [4.78, 5) is 49.4. The Balaban J connectivity index is 1.54. The van der Waals surface area contributed by atoms with Crippen LogP contribution in [0.5, 0.6) is 0 Å². The Kier molecular flexibility index (Phi) is 15.9. The Morgan fingerprint density at radius 2 is 0.982 bits per heavy atom. The second-order valence-corrected chi connectivity index (χ2v) is 13.3. The van der Waals surface area contributed by atoms with Crippen molar-refractivity contribution >= 4 is 23.9 Å². The molecule has 0 radical (unpaired) electrons. The molecule has 6 unspecified atom stereocenters. The minimum absolute atomic E-state index is 0.0550. The summed E-state index contributed by atoms with van der Waals surface area (Å²) in [5, 5.41) is 11.5. The molecule has 2 aliphatic heterocycles. The number of ether oxygens (including phenoxy) is 10. The van der Waals surface area contributed by atoms with Crippen LogP contribution in [0, 0.1) is 0 Å². The first-order valence-electron chi connectivity index (χ1n) is 18.2. The van der Waals surface area contributed by atoms with E-state index in [-0.39, 0.29) is 26.4 Å². The van der Waals surface area contributed by atoms with Crippen LogP contribution in [0.1, 0.15) is 44.4 Å². The van der Waals surface area contributed by atoms with Gasteiger partial charge in [0.1, 0.15) is 37.1 Å². The third-order valence-electron chi connectivity index (χ3n) is 8.81. The summed E-state index contributed by atoms with van der Waals surface area (Å²) in [5.74, 6) is -3.05. The van der Waals surface area contributed by atoms with E-state index in [0.29, 0.717) is 0 Å². The number of rotatable bonds is 17. The number of esters is 4. The maximum Gasteiger partial charge on any atom is 0.303 e. The summed E-state index contributed by atoms with van der Waals surface area (Å²) in [5.41, 5.74) is 2.49. The minimum Gasteiger partial charge on any atom is -0.463 e. The molecule has 3 aromatic carbocycles. The van der Waals surface area contributed by atoms with Gasteiger partial charge in [-0.15, -0.1) is 0 Å². The minimum atomic E-state index is -1.59. The van der Waals surface area contributed by atoms with Crippen LogP contribution in [-0.4, -0.2) is 104 Å². The Morgan fingerprint density at radius 1 is 0.518 bits per heavy atom. The lowest BCUT2D eigenvalue weighted by atomic mass is 9.96. The summed E-state index contributed by atoms with van der Waals surface area (Å²) in [6.07, 6.45) is -13.3. The average Bonchev–Trinajstić information content (AvgIpc) is 3.16. The lowest BCUT2D eigenvalue weighted by Crippen LogP contribution is -2.66. The first-order chi connectivity index (χ1) is 27.0. The number of aliphatic hydroxyl groups is 1. The maximum atomic E-state index is 12.6. The highest BCUT2D eigenvalue weighted by atomic mass is 16.8. The van der Waals surface area contributed by atoms with Crippen molar-refractivity contribution < 1.29 is 71.7 Å². The number of aliphatic hydroxyl groups excluding tert-OH is 1. The van der Waals surface area contributed by atoms with Gasteiger partial charge in [0.05, 0.1) is 26.4 Å². The highest BCUT2D eigenvalue weighted by Crippen LogP contribution is 2.35. The van der Waals surface area contributed by atoms with Gasteiger partial charge in [-0.05, 0) is 16.7 Å². The molecule has 0 amide bonds. The van der Waals surface area contributed by atoms with Crippen molar-refractivity contribution in [1.29, 1.82) is 0 Å². The van der Waals surface area contributed by atoms with Crippen molar-refractivity contribution in [3.05, 3.63) is 108 Å². The fourth-order valence-corrected chi connectivity index (χ4v) is 6.41. The summed E-state index contributed by atoms with van der Waals surface area (Å²) in [7, 11) is 0. The lowest BCUT2D eigenvalue weighted by Gasteiger charge is -2.48. The molecule has 15 nitrogen and oxygen atoms in total. The molecule has 0 aliphatic carbocycles. The van der Waals surface area contributed by atoms with Crippen molar-refractivity contribution in [3.8, 4) is 0 Å². The molecule has 2 aliphatic rings. The lowest BCUT2D eigenvalue weighted by molar-refractivity contribution is -0.365. The molecule has 15 heteroatoms. The molecule has 2 fully saturated rings. The number of hydrogen-bond acceptors (Lipinski definition) is 15. The van der Waals surface area contributed by atoms with Crippen LogP contribution in [-0.2, 0) is 86.4 Å². The monoisotopic (exact) mass is 780 g/mol. The Hall–Kier alpha value is -4.74. The number of benzene rings is 3. The SMILES string of the molecule is CC(=O)OCC1O[C@H](O[C@@H]2C(COCc3ccccc3)O[C@H](O)C(OCc3ccccc3)C2OCc2ccccc2)C(OC(C)=O)C(OC(C)=O)[C@@H]1OC(C)=O. The fraction of sp³-hybridized carbons (Fsp3) is 0.463. The van der Waals surface area contributed by atoms with Gasteiger partial charge in [-0.25, -0.2) is 0 Å². The van der Waals surface area contributed by atoms with Gasteiger partial charge in [0.2, 0.25) is 0 Å². The molecular formula is C41H48O15. The predicted molar refractivity (Wildman–Crippen MR) is 194 cm³/mol. The number of carbonyl (C=O) groups is 4. The van der Waals surface area contributed by atoms with Gasteiger partial charge in [0.25, 0.3) is 0 Å². The van der Waals surface area contributed by atoms with E-state index in [1.165, 1.54) is 6.92 Å². The van der Waals surface area contributed by atoms with Crippen LogP contribution in [0.3, 0.4) is 0 Å². The molecule has 56 heavy (non-hydrogen) atoms. The third kappa shape index (κ3) is 12.4. The van der Waals surface area contributed by atoms with E-state index in [1.807, 2.05) is 91.0 Å². The average molecular weight is 781 g/mol. The van der Waals surface area contributed by atoms with Gasteiger partial charge in [0, 0.05) is 27.7 Å². The van der Waals surface area contributed by atoms with E-state index < -0.39 is 91.9 Å². The first kappa shape index (κ1) is 42.4. The van der Waals surface area contributed by atoms with E-state index in [2.05, 4.69) is 0 Å². The third-order valence-corrected chi connectivity index (χ3v) is 8.81. The van der Waals surface area contributed by atoms with Crippen LogP contribution in [0.25, 0.3) is 0 Å². The first-order valence-corrected chi connectivity index (χ1v) is 18.2. The van der Waals surface area contributed by atoms with Crippen molar-refractivity contribution in [3.63, 3.8) is 0 Å². The Morgan fingerprint density at radius 3 is 1.50 bits per heavy atom. The van der Waals surface area contributed by atoms with Crippen LogP contribution in [0.4, 0.5) is 0 Å². The van der Waals surface area contributed by atoms with Crippen molar-refractivity contribution in [2.45, 2.75) is 109 Å². The van der Waals surface area contributed by atoms with E-state index in [0.717, 1.165) is 37.5 Å². The van der Waals surface area contributed by atoms with Crippen LogP contribution >= 0.6 is 0 Å². The Bertz CT molecular complexity index is 1690. The zero-order chi connectivity index (χ0) is 40.0. The molecular weight excluding hydrogens is 732 g/mol. The van der Waals surface area contributed by atoms with Crippen molar-refractivity contribution in [2.75, 3.05) is 13.2 Å². The zero-order valence-electron chi connectivity index (χ0n) is 31.6. The largest absolute Gasteiger partial charge is 0.463 e. The molecule has 0 bridgehead atoms. The molecule has 302 valence electrons. The van der Waals surface area contributed by atoms with Crippen molar-refractivity contribution in [2.24, 2.45) is 0 Å². The normalized spacial score (nSPS) is 27.4. The zero-order valence-corrected chi connectivity index (χ0v) is 31.6. The van der Waals surface area contributed by atoms with E-state index >= 15 is 0 Å². The highest BCUT2D eigenvalue weighted by Gasteiger charge is 2.56. The maximum absolute atomic E-state index is 12.6. The van der Waals surface area contributed by atoms with Gasteiger partial charge in [-0.1, -0.05) is 91.0 Å². The molecule has 0 aromatic heterocycles. The quantitative estimate of drug-likeness (QED) is 0.155. The molecule has 0 spiro atoms. The standard InChI is InChI=1S/C41H48O15/c1-25(42)48-24-33-35(51-26(2)43)37(52-27(3)44)39(53-28(4)45)41(55-33)56-34-32(23-47-20-29-14-8-5-9-15-29)54-40(46)38(50-22-31-18-12-7-13-19-31)36(34)49-21-30-16-10-6-11-17-30/h5-19,32-41,46H,20-24H2,1-4H3/t32?,33?,34-,35-,36?,37?,38?,39?,40+,41-/m1/s1. The van der Waals surface area contributed by atoms with Gasteiger partial charge in [-0.3, -0.25) is 19.2 Å². The topological polar surface area (TPSA) is 181 Å². The van der Waals surface area contributed by atoms with Gasteiger partial charge in [0.15, 0.2) is 30.9 Å². The smallest absolute Gasteiger partial charge is 0.303 e. The molecule has 1 N–H and O–H groups in total. The molecule has 2 heterocycles. The van der Waals surface area contributed by atoms with Gasteiger partial charge < -0.3 is 52.5 Å². The molecule has 2 saturated heterocycles. The fourth-order valence-electron chi connectivity index (χ4n) is 6.41. The summed E-state index contributed by atoms with van der Waals surface area (Å²) >= 11 is 0. The van der Waals surface area contributed by atoms with Crippen LogP contribution in [0.2, 0.25) is 0 Å². The van der Waals surface area contributed by atoms with E-state index in [9.17, 15) is 24.3 Å². The number of carbonyl (C=O) groups excluding carboxylic acids is 4. The highest BCUT2D eigenvalue weighted by molar-refractivity contribution is 5.68. The van der Waals surface area contributed by atoms with Gasteiger partial charge in [-0.2, -0.15) is 0 Å². The molecule has 3 aromatic rings. The summed E-state index contributed by atoms with van der Waals surface area (Å²) in [6.45, 7) is 4.29. The summed E-state index contributed by atoms with van der Waals surface area (Å²) < 4.78 is 60.2. The number of hydrogen-bond donors (Lipinski definition) is 1. The summed E-state index contributed by atoms with van der Waals surface area (Å²) in [6, 6.07) is 28.0. The second kappa shape index (κ2) is 21.0. The molecule has 0 saturated carbocycles. The van der Waals surface area contributed by atoms with Crippen LogP contribution in [0.15, 0.2) is 91.0 Å². The van der Waals surface area contributed by atoms with Gasteiger partial charge >= 0.3 is 23.9 Å². The van der Waals surface area contributed by atoms with E-state index in [4.69, 9.17) is 47.4 Å². The molecule has 5 rings (SSSR count). The predicted octanol–water partition coefficient (Wildman–Crippen LogP) is 3.56. The van der Waals surface area contributed by atoms with Crippen LogP contribution < -0.4 is 0 Å². The van der Waals surface area contributed by atoms with Crippen molar-refractivity contribution in [1.82, 2.24) is 0 Å². The molecule has 10 atom stereocenters. The Labute approximate surface area is 325 Å². The van der Waals surface area contributed by atoms with E-state index in [1.54, 1.807) is 0 Å². The second-order valence-electron chi connectivity index (χ2n) is 13.3.